The topological polar surface area (TPSA) is 63.7 Å². The lowest BCUT2D eigenvalue weighted by Crippen LogP contribution is -2.34. The molecule has 0 amide bonds. The number of carbonyl (C=O) groups excluding carboxylic acids is 1. The first-order valence-corrected chi connectivity index (χ1v) is 9.42. The molecule has 0 N–H and O–H groups in total. The average Bonchev–Trinajstić information content (AvgIpc) is 2.46. The molecule has 0 unspecified atom stereocenters. The van der Waals surface area contributed by atoms with E-state index in [1.165, 1.54) is 19.2 Å². The molecule has 0 fully saturated rings. The Bertz CT molecular complexity index is 827. The highest BCUT2D eigenvalue weighted by Gasteiger charge is 2.23. The number of hydrogen-bond acceptors (Lipinski definition) is 4. The highest BCUT2D eigenvalue weighted by molar-refractivity contribution is 9.10. The molecule has 0 saturated carbocycles. The number of carbonyl (C=O) groups is 1. The van der Waals surface area contributed by atoms with Crippen molar-refractivity contribution >= 4 is 31.9 Å². The predicted molar refractivity (Wildman–Crippen MR) is 95.5 cm³/mol. The standard InChI is InChI=1S/C17H18BrNO4S/c1-12-8-13(2)10-15(9-12)23-17(20)11-19(3)24(21,22)16-6-4-14(18)5-7-16/h4-10H,11H2,1-3H3. The van der Waals surface area contributed by atoms with Crippen LogP contribution < -0.4 is 4.74 Å². The average molecular weight is 412 g/mol. The maximum absolute atomic E-state index is 12.4. The number of ether oxygens (including phenoxy) is 1. The Morgan fingerprint density at radius 1 is 1.08 bits per heavy atom. The summed E-state index contributed by atoms with van der Waals surface area (Å²) < 4.78 is 31.9. The van der Waals surface area contributed by atoms with Gasteiger partial charge < -0.3 is 4.74 Å². The monoisotopic (exact) mass is 411 g/mol. The third-order valence-corrected chi connectivity index (χ3v) is 5.65. The fourth-order valence-corrected chi connectivity index (χ4v) is 3.59. The van der Waals surface area contributed by atoms with Gasteiger partial charge in [-0.25, -0.2) is 8.42 Å². The molecule has 0 bridgehead atoms. The van der Waals surface area contributed by atoms with Crippen molar-refractivity contribution in [2.75, 3.05) is 13.6 Å². The Morgan fingerprint density at radius 3 is 2.17 bits per heavy atom. The zero-order valence-electron chi connectivity index (χ0n) is 13.6. The lowest BCUT2D eigenvalue weighted by Gasteiger charge is -2.16. The van der Waals surface area contributed by atoms with Gasteiger partial charge in [-0.1, -0.05) is 22.0 Å². The number of halogens is 1. The molecule has 2 rings (SSSR count). The van der Waals surface area contributed by atoms with Gasteiger partial charge in [-0.2, -0.15) is 4.31 Å². The van der Waals surface area contributed by atoms with Crippen LogP contribution in [0.5, 0.6) is 5.75 Å². The number of likely N-dealkylation sites (N-methyl/N-ethyl adjacent to an activating group) is 1. The Kier molecular flexibility index (Phi) is 5.79. The van der Waals surface area contributed by atoms with E-state index in [-0.39, 0.29) is 11.4 Å². The minimum atomic E-state index is -3.75. The van der Waals surface area contributed by atoms with E-state index in [2.05, 4.69) is 15.9 Å². The van der Waals surface area contributed by atoms with Gasteiger partial charge in [0.2, 0.25) is 10.0 Å². The number of hydrogen-bond donors (Lipinski definition) is 0. The number of nitrogens with zero attached hydrogens (tertiary/aromatic N) is 1. The molecule has 0 atom stereocenters. The van der Waals surface area contributed by atoms with Crippen LogP contribution in [0.1, 0.15) is 11.1 Å². The summed E-state index contributed by atoms with van der Waals surface area (Å²) in [7, 11) is -2.40. The molecule has 128 valence electrons. The van der Waals surface area contributed by atoms with Crippen molar-refractivity contribution in [1.82, 2.24) is 4.31 Å². The molecule has 0 heterocycles. The summed E-state index contributed by atoms with van der Waals surface area (Å²) in [6, 6.07) is 11.6. The van der Waals surface area contributed by atoms with Crippen molar-refractivity contribution in [1.29, 1.82) is 0 Å². The summed E-state index contributed by atoms with van der Waals surface area (Å²) in [5, 5.41) is 0. The van der Waals surface area contributed by atoms with Crippen molar-refractivity contribution in [3.63, 3.8) is 0 Å². The molecule has 0 aliphatic rings. The second kappa shape index (κ2) is 7.46. The van der Waals surface area contributed by atoms with Crippen LogP contribution in [0.2, 0.25) is 0 Å². The van der Waals surface area contributed by atoms with Gasteiger partial charge >= 0.3 is 5.97 Å². The summed E-state index contributed by atoms with van der Waals surface area (Å²) in [6.07, 6.45) is 0. The van der Waals surface area contributed by atoms with Gasteiger partial charge in [-0.3, -0.25) is 4.79 Å². The molecule has 0 aliphatic carbocycles. The van der Waals surface area contributed by atoms with E-state index in [0.717, 1.165) is 19.9 Å². The Hall–Kier alpha value is -1.70. The Labute approximate surface area is 150 Å². The molecule has 7 heteroatoms. The van der Waals surface area contributed by atoms with Crippen LogP contribution >= 0.6 is 15.9 Å². The van der Waals surface area contributed by atoms with Crippen molar-refractivity contribution in [2.45, 2.75) is 18.7 Å². The first kappa shape index (κ1) is 18.6. The molecule has 0 spiro atoms. The lowest BCUT2D eigenvalue weighted by atomic mass is 10.1. The van der Waals surface area contributed by atoms with Crippen LogP contribution in [0, 0.1) is 13.8 Å². The van der Waals surface area contributed by atoms with Gasteiger partial charge in [-0.15, -0.1) is 0 Å². The zero-order valence-corrected chi connectivity index (χ0v) is 16.0. The maximum Gasteiger partial charge on any atom is 0.326 e. The van der Waals surface area contributed by atoms with Crippen molar-refractivity contribution < 1.29 is 17.9 Å². The van der Waals surface area contributed by atoms with Crippen LogP contribution in [0.3, 0.4) is 0 Å². The number of benzene rings is 2. The summed E-state index contributed by atoms with van der Waals surface area (Å²) in [5.74, 6) is -0.227. The highest BCUT2D eigenvalue weighted by atomic mass is 79.9. The van der Waals surface area contributed by atoms with Gasteiger partial charge in [0.15, 0.2) is 0 Å². The van der Waals surface area contributed by atoms with Crippen molar-refractivity contribution in [3.8, 4) is 5.75 Å². The van der Waals surface area contributed by atoms with E-state index in [4.69, 9.17) is 4.74 Å². The molecular weight excluding hydrogens is 394 g/mol. The number of rotatable bonds is 5. The van der Waals surface area contributed by atoms with E-state index in [1.54, 1.807) is 24.3 Å². The molecule has 0 aromatic heterocycles. The van der Waals surface area contributed by atoms with Gasteiger partial charge in [0.05, 0.1) is 4.90 Å². The van der Waals surface area contributed by atoms with E-state index in [0.29, 0.717) is 5.75 Å². The van der Waals surface area contributed by atoms with Crippen LogP contribution in [-0.4, -0.2) is 32.3 Å². The molecular formula is C17H18BrNO4S. The summed E-state index contributed by atoms with van der Waals surface area (Å²) in [4.78, 5) is 12.2. The van der Waals surface area contributed by atoms with Crippen LogP contribution in [0.15, 0.2) is 51.8 Å². The smallest absolute Gasteiger partial charge is 0.326 e. The molecule has 5 nitrogen and oxygen atoms in total. The van der Waals surface area contributed by atoms with Crippen LogP contribution in [-0.2, 0) is 14.8 Å². The molecule has 0 radical (unpaired) electrons. The normalized spacial score (nSPS) is 11.5. The predicted octanol–water partition coefficient (Wildman–Crippen LogP) is 3.29. The van der Waals surface area contributed by atoms with Gasteiger partial charge in [0.25, 0.3) is 0 Å². The number of aryl methyl sites for hydroxylation is 2. The van der Waals surface area contributed by atoms with E-state index in [9.17, 15) is 13.2 Å². The van der Waals surface area contributed by atoms with E-state index < -0.39 is 16.0 Å². The number of sulfonamides is 1. The minimum absolute atomic E-state index is 0.118. The Morgan fingerprint density at radius 2 is 1.62 bits per heavy atom. The van der Waals surface area contributed by atoms with Crippen LogP contribution in [0.25, 0.3) is 0 Å². The van der Waals surface area contributed by atoms with E-state index >= 15 is 0 Å². The highest BCUT2D eigenvalue weighted by Crippen LogP contribution is 2.19. The van der Waals surface area contributed by atoms with Gasteiger partial charge in [0.1, 0.15) is 12.3 Å². The van der Waals surface area contributed by atoms with Gasteiger partial charge in [-0.05, 0) is 61.4 Å². The quantitative estimate of drug-likeness (QED) is 0.559. The number of esters is 1. The van der Waals surface area contributed by atoms with E-state index in [1.807, 2.05) is 19.9 Å². The molecule has 2 aromatic rings. The summed E-state index contributed by atoms with van der Waals surface area (Å²) in [5.41, 5.74) is 1.93. The Balaban J connectivity index is 2.09. The van der Waals surface area contributed by atoms with Crippen molar-refractivity contribution in [2.24, 2.45) is 0 Å². The molecule has 2 aromatic carbocycles. The largest absolute Gasteiger partial charge is 0.426 e. The second-order valence-corrected chi connectivity index (χ2v) is 8.47. The second-order valence-electron chi connectivity index (χ2n) is 5.51. The summed E-state index contributed by atoms with van der Waals surface area (Å²) in [6.45, 7) is 3.42. The fraction of sp³-hybridized carbons (Fsp3) is 0.235. The lowest BCUT2D eigenvalue weighted by molar-refractivity contribution is -0.134. The molecule has 0 saturated heterocycles. The zero-order chi connectivity index (χ0) is 17.9. The minimum Gasteiger partial charge on any atom is -0.426 e. The third kappa shape index (κ3) is 4.66. The fourth-order valence-electron chi connectivity index (χ4n) is 2.21. The third-order valence-electron chi connectivity index (χ3n) is 3.30. The first-order chi connectivity index (χ1) is 11.2. The SMILES string of the molecule is Cc1cc(C)cc(OC(=O)CN(C)S(=O)(=O)c2ccc(Br)cc2)c1. The maximum atomic E-state index is 12.4. The first-order valence-electron chi connectivity index (χ1n) is 7.19. The van der Waals surface area contributed by atoms with Crippen molar-refractivity contribution in [3.05, 3.63) is 58.1 Å². The summed E-state index contributed by atoms with van der Waals surface area (Å²) >= 11 is 3.26. The van der Waals surface area contributed by atoms with Crippen LogP contribution in [0.4, 0.5) is 0 Å². The molecule has 24 heavy (non-hydrogen) atoms. The molecule has 0 aliphatic heterocycles. The van der Waals surface area contributed by atoms with Gasteiger partial charge in [0, 0.05) is 11.5 Å².